The van der Waals surface area contributed by atoms with Crippen molar-refractivity contribution in [3.8, 4) is 0 Å². The van der Waals surface area contributed by atoms with Crippen molar-refractivity contribution in [1.82, 2.24) is 4.98 Å². The van der Waals surface area contributed by atoms with E-state index < -0.39 is 5.41 Å². The number of aromatic amines is 1. The summed E-state index contributed by atoms with van der Waals surface area (Å²) in [4.78, 5) is 31.1. The van der Waals surface area contributed by atoms with Gasteiger partial charge in [-0.2, -0.15) is 11.3 Å². The quantitative estimate of drug-likeness (QED) is 0.475. The van der Waals surface area contributed by atoms with Gasteiger partial charge in [0.2, 0.25) is 5.91 Å². The number of H-pyrrole nitrogens is 1. The molecule has 2 N–H and O–H groups in total. The van der Waals surface area contributed by atoms with Crippen molar-refractivity contribution in [2.75, 3.05) is 10.2 Å². The van der Waals surface area contributed by atoms with Crippen LogP contribution in [0.5, 0.6) is 0 Å². The van der Waals surface area contributed by atoms with Crippen molar-refractivity contribution >= 4 is 45.4 Å². The second kappa shape index (κ2) is 6.85. The third-order valence-corrected chi connectivity index (χ3v) is 6.49. The molecule has 0 bridgehead atoms. The summed E-state index contributed by atoms with van der Waals surface area (Å²) < 4.78 is 0. The van der Waals surface area contributed by atoms with Gasteiger partial charge in [-0.3, -0.25) is 9.59 Å². The van der Waals surface area contributed by atoms with Gasteiger partial charge in [-0.1, -0.05) is 24.3 Å². The number of nitrogens with one attached hydrogen (secondary N) is 2. The molecule has 30 heavy (non-hydrogen) atoms. The van der Waals surface area contributed by atoms with Gasteiger partial charge in [-0.15, -0.1) is 0 Å². The first kappa shape index (κ1) is 18.6. The van der Waals surface area contributed by atoms with Crippen molar-refractivity contribution in [1.29, 1.82) is 0 Å². The number of para-hydroxylation sites is 1. The van der Waals surface area contributed by atoms with Crippen LogP contribution in [-0.4, -0.2) is 16.8 Å². The van der Waals surface area contributed by atoms with Crippen molar-refractivity contribution < 1.29 is 9.59 Å². The highest BCUT2D eigenvalue weighted by Crippen LogP contribution is 2.43. The van der Waals surface area contributed by atoms with E-state index in [9.17, 15) is 9.59 Å². The molecular formula is C24H21N3O2S. The van der Waals surface area contributed by atoms with E-state index in [0.29, 0.717) is 12.1 Å². The molecule has 4 aromatic rings. The van der Waals surface area contributed by atoms with E-state index in [0.717, 1.165) is 33.4 Å². The molecule has 0 unspecified atom stereocenters. The molecule has 0 saturated carbocycles. The summed E-state index contributed by atoms with van der Waals surface area (Å²) in [6.45, 7) is 4.38. The molecule has 0 fully saturated rings. The SMILES string of the molecule is CC1(C)C(=O)N(Cc2ccsc2)c2cc(C(=O)Nc3c[nH]c4ccccc34)ccc21. The van der Waals surface area contributed by atoms with E-state index in [4.69, 9.17) is 0 Å². The number of carbonyl (C=O) groups is 2. The van der Waals surface area contributed by atoms with Gasteiger partial charge >= 0.3 is 0 Å². The van der Waals surface area contributed by atoms with Gasteiger partial charge in [0.05, 0.1) is 17.6 Å². The summed E-state index contributed by atoms with van der Waals surface area (Å²) >= 11 is 1.61. The van der Waals surface area contributed by atoms with Crippen LogP contribution in [-0.2, 0) is 16.8 Å². The van der Waals surface area contributed by atoms with Gasteiger partial charge in [-0.05, 0) is 60.0 Å². The van der Waals surface area contributed by atoms with E-state index in [1.54, 1.807) is 28.5 Å². The van der Waals surface area contributed by atoms with E-state index >= 15 is 0 Å². The first-order chi connectivity index (χ1) is 14.4. The number of hydrogen-bond acceptors (Lipinski definition) is 3. The number of amides is 2. The normalized spacial score (nSPS) is 14.9. The molecule has 2 aromatic heterocycles. The lowest BCUT2D eigenvalue weighted by molar-refractivity contribution is -0.122. The maximum absolute atomic E-state index is 13.1. The Balaban J connectivity index is 1.48. The Bertz CT molecular complexity index is 1270. The minimum atomic E-state index is -0.614. The molecule has 3 heterocycles. The van der Waals surface area contributed by atoms with Crippen LogP contribution in [0.1, 0.15) is 35.3 Å². The van der Waals surface area contributed by atoms with Gasteiger partial charge in [-0.25, -0.2) is 0 Å². The van der Waals surface area contributed by atoms with Gasteiger partial charge in [0.1, 0.15) is 0 Å². The maximum atomic E-state index is 13.1. The van der Waals surface area contributed by atoms with E-state index in [1.807, 2.05) is 67.1 Å². The average molecular weight is 416 g/mol. The Morgan fingerprint density at radius 3 is 2.80 bits per heavy atom. The number of hydrogen-bond donors (Lipinski definition) is 2. The lowest BCUT2D eigenvalue weighted by Crippen LogP contribution is -2.35. The molecule has 6 heteroatoms. The number of fused-ring (bicyclic) bond motifs is 2. The monoisotopic (exact) mass is 415 g/mol. The van der Waals surface area contributed by atoms with Crippen molar-refractivity contribution in [3.05, 3.63) is 82.2 Å². The third kappa shape index (κ3) is 2.92. The number of nitrogens with zero attached hydrogens (tertiary/aromatic N) is 1. The van der Waals surface area contributed by atoms with Crippen LogP contribution in [0, 0.1) is 0 Å². The zero-order valence-corrected chi connectivity index (χ0v) is 17.5. The molecule has 2 amide bonds. The standard InChI is InChI=1S/C24H21N3O2S/c1-24(2)18-8-7-16(11-21(18)27(23(24)29)13-15-9-10-30-14-15)22(28)26-20-12-25-19-6-4-3-5-17(19)20/h3-12,14,25H,13H2,1-2H3,(H,26,28). The molecule has 150 valence electrons. The van der Waals surface area contributed by atoms with Gasteiger partial charge in [0.15, 0.2) is 0 Å². The van der Waals surface area contributed by atoms with Gasteiger partial charge in [0, 0.05) is 28.4 Å². The zero-order chi connectivity index (χ0) is 20.9. The van der Waals surface area contributed by atoms with E-state index in [-0.39, 0.29) is 11.8 Å². The van der Waals surface area contributed by atoms with Crippen LogP contribution < -0.4 is 10.2 Å². The van der Waals surface area contributed by atoms with Crippen LogP contribution >= 0.6 is 11.3 Å². The van der Waals surface area contributed by atoms with Crippen molar-refractivity contribution in [2.45, 2.75) is 25.8 Å². The third-order valence-electron chi connectivity index (χ3n) is 5.76. The maximum Gasteiger partial charge on any atom is 0.255 e. The van der Waals surface area contributed by atoms with Crippen LogP contribution in [0.3, 0.4) is 0 Å². The Morgan fingerprint density at radius 2 is 2.00 bits per heavy atom. The van der Waals surface area contributed by atoms with Crippen molar-refractivity contribution in [3.63, 3.8) is 0 Å². The van der Waals surface area contributed by atoms with Crippen LogP contribution in [0.2, 0.25) is 0 Å². The predicted octanol–water partition coefficient (Wildman–Crippen LogP) is 5.31. The number of benzene rings is 2. The van der Waals surface area contributed by atoms with E-state index in [2.05, 4.69) is 10.3 Å². The molecule has 0 spiro atoms. The molecule has 1 aliphatic heterocycles. The van der Waals surface area contributed by atoms with Crippen molar-refractivity contribution in [2.24, 2.45) is 0 Å². The first-order valence-corrected chi connectivity index (χ1v) is 10.7. The lowest BCUT2D eigenvalue weighted by atomic mass is 9.86. The topological polar surface area (TPSA) is 65.2 Å². The summed E-state index contributed by atoms with van der Waals surface area (Å²) in [5.41, 5.74) is 4.47. The second-order valence-corrected chi connectivity index (χ2v) is 8.86. The Labute approximate surface area is 178 Å². The Kier molecular flexibility index (Phi) is 4.25. The summed E-state index contributed by atoms with van der Waals surface area (Å²) in [5.74, 6) is -0.145. The highest BCUT2D eigenvalue weighted by atomic mass is 32.1. The van der Waals surface area contributed by atoms with Crippen LogP contribution in [0.4, 0.5) is 11.4 Å². The molecule has 2 aromatic carbocycles. The predicted molar refractivity (Wildman–Crippen MR) is 121 cm³/mol. The van der Waals surface area contributed by atoms with Crippen LogP contribution in [0.25, 0.3) is 10.9 Å². The fourth-order valence-corrected chi connectivity index (χ4v) is 4.74. The Hall–Kier alpha value is -3.38. The van der Waals surface area contributed by atoms with Crippen LogP contribution in [0.15, 0.2) is 65.5 Å². The largest absolute Gasteiger partial charge is 0.359 e. The smallest absolute Gasteiger partial charge is 0.255 e. The molecular weight excluding hydrogens is 394 g/mol. The molecule has 0 saturated heterocycles. The number of thiophene rings is 1. The molecule has 1 aliphatic rings. The highest BCUT2D eigenvalue weighted by Gasteiger charge is 2.44. The number of aromatic nitrogens is 1. The number of rotatable bonds is 4. The summed E-state index contributed by atoms with van der Waals surface area (Å²) in [6, 6.07) is 15.4. The first-order valence-electron chi connectivity index (χ1n) is 9.80. The highest BCUT2D eigenvalue weighted by molar-refractivity contribution is 7.07. The summed E-state index contributed by atoms with van der Waals surface area (Å²) in [6.07, 6.45) is 1.80. The van der Waals surface area contributed by atoms with Gasteiger partial charge in [0.25, 0.3) is 5.91 Å². The molecule has 0 atom stereocenters. The average Bonchev–Trinajstić information content (AvgIpc) is 3.44. The molecule has 5 nitrogen and oxygen atoms in total. The molecule has 0 aliphatic carbocycles. The zero-order valence-electron chi connectivity index (χ0n) is 16.7. The van der Waals surface area contributed by atoms with Gasteiger partial charge < -0.3 is 15.2 Å². The number of carbonyl (C=O) groups excluding carboxylic acids is 2. The minimum absolute atomic E-state index is 0.0536. The summed E-state index contributed by atoms with van der Waals surface area (Å²) in [5, 5.41) is 8.01. The second-order valence-electron chi connectivity index (χ2n) is 8.08. The van der Waals surface area contributed by atoms with E-state index in [1.165, 1.54) is 0 Å². The Morgan fingerprint density at radius 1 is 1.17 bits per heavy atom. The minimum Gasteiger partial charge on any atom is -0.359 e. The molecule has 0 radical (unpaired) electrons. The fraction of sp³-hybridized carbons (Fsp3) is 0.167. The fourth-order valence-electron chi connectivity index (χ4n) is 4.08. The summed E-state index contributed by atoms with van der Waals surface area (Å²) in [7, 11) is 0. The number of anilines is 2. The molecule has 5 rings (SSSR count). The lowest BCUT2D eigenvalue weighted by Gasteiger charge is -2.20.